The Bertz CT molecular complexity index is 600. The molecule has 17 heavy (non-hydrogen) atoms. The van der Waals surface area contributed by atoms with E-state index in [2.05, 4.69) is 10.4 Å². The molecule has 0 amide bonds. The van der Waals surface area contributed by atoms with E-state index in [0.717, 1.165) is 12.8 Å². The minimum Gasteiger partial charge on any atom is -0.739 e. The van der Waals surface area contributed by atoms with Crippen LogP contribution >= 0.6 is 11.6 Å². The van der Waals surface area contributed by atoms with Gasteiger partial charge in [0.15, 0.2) is 5.52 Å². The minimum absolute atomic E-state index is 0.0392. The molecule has 3 rings (SSSR count). The van der Waals surface area contributed by atoms with Crippen LogP contribution in [0.3, 0.4) is 0 Å². The maximum absolute atomic E-state index is 12.0. The van der Waals surface area contributed by atoms with Crippen LogP contribution in [0.2, 0.25) is 5.02 Å². The molecule has 1 saturated carbocycles. The first-order chi connectivity index (χ1) is 8.15. The predicted octanol–water partition coefficient (Wildman–Crippen LogP) is 0.729. The van der Waals surface area contributed by atoms with Gasteiger partial charge < -0.3 is 10.4 Å². The second kappa shape index (κ2) is 3.59. The van der Waals surface area contributed by atoms with Gasteiger partial charge in [0.1, 0.15) is 0 Å². The zero-order valence-corrected chi connectivity index (χ0v) is 9.52. The molecule has 0 saturated heterocycles. The van der Waals surface area contributed by atoms with E-state index in [-0.39, 0.29) is 23.0 Å². The lowest BCUT2D eigenvalue weighted by Gasteiger charge is -2.09. The monoisotopic (exact) mass is 252 g/mol. The zero-order chi connectivity index (χ0) is 12.0. The number of aromatic nitrogens is 3. The van der Waals surface area contributed by atoms with Crippen LogP contribution in [0.4, 0.5) is 5.95 Å². The van der Waals surface area contributed by atoms with Gasteiger partial charge in [-0.25, -0.2) is 4.73 Å². The lowest BCUT2D eigenvalue weighted by atomic mass is 10.3. The molecular formula is C10H9ClN4O2. The number of benzene rings is 1. The SMILES string of the molecule is [O-][n+]1nc(NC2CC2)[n+]([O-])c2ccc(Cl)cc21. The van der Waals surface area contributed by atoms with Crippen molar-refractivity contribution in [3.63, 3.8) is 0 Å². The van der Waals surface area contributed by atoms with Gasteiger partial charge in [-0.05, 0) is 25.0 Å². The summed E-state index contributed by atoms with van der Waals surface area (Å²) in [4.78, 5) is 0.417. The summed E-state index contributed by atoms with van der Waals surface area (Å²) in [5.41, 5.74) is 0.413. The van der Waals surface area contributed by atoms with E-state index in [0.29, 0.717) is 14.6 Å². The average Bonchev–Trinajstić information content (AvgIpc) is 3.09. The number of hydrogen-bond donors (Lipinski definition) is 1. The summed E-state index contributed by atoms with van der Waals surface area (Å²) in [5.74, 6) is 0.0392. The second-order valence-electron chi connectivity index (χ2n) is 4.04. The van der Waals surface area contributed by atoms with Crippen LogP contribution in [0, 0.1) is 10.4 Å². The van der Waals surface area contributed by atoms with Crippen molar-refractivity contribution in [2.24, 2.45) is 0 Å². The van der Waals surface area contributed by atoms with E-state index in [1.807, 2.05) is 0 Å². The van der Waals surface area contributed by atoms with Crippen LogP contribution in [-0.2, 0) is 0 Å². The number of rotatable bonds is 2. The van der Waals surface area contributed by atoms with Crippen LogP contribution in [0.1, 0.15) is 12.8 Å². The Morgan fingerprint density at radius 2 is 2.06 bits per heavy atom. The molecule has 0 spiro atoms. The third-order valence-electron chi connectivity index (χ3n) is 2.65. The molecule has 1 N–H and O–H groups in total. The molecule has 0 unspecified atom stereocenters. The van der Waals surface area contributed by atoms with Crippen LogP contribution in [0.15, 0.2) is 18.2 Å². The summed E-state index contributed by atoms with van der Waals surface area (Å²) in [6.07, 6.45) is 2.00. The van der Waals surface area contributed by atoms with E-state index in [1.54, 1.807) is 6.07 Å². The van der Waals surface area contributed by atoms with Crippen molar-refractivity contribution in [2.45, 2.75) is 18.9 Å². The van der Waals surface area contributed by atoms with Gasteiger partial charge in [0.2, 0.25) is 5.10 Å². The topological polar surface area (TPSA) is 78.8 Å². The molecule has 88 valence electrons. The number of nitrogens with zero attached hydrogens (tertiary/aromatic N) is 3. The Balaban J connectivity index is 2.19. The molecule has 0 bridgehead atoms. The molecule has 1 aliphatic rings. The predicted molar refractivity (Wildman–Crippen MR) is 61.3 cm³/mol. The molecular weight excluding hydrogens is 244 g/mol. The zero-order valence-electron chi connectivity index (χ0n) is 8.76. The fourth-order valence-electron chi connectivity index (χ4n) is 1.61. The van der Waals surface area contributed by atoms with Crippen molar-refractivity contribution < 1.29 is 9.58 Å². The van der Waals surface area contributed by atoms with Crippen LogP contribution in [0.25, 0.3) is 11.0 Å². The van der Waals surface area contributed by atoms with E-state index < -0.39 is 0 Å². The average molecular weight is 253 g/mol. The third-order valence-corrected chi connectivity index (χ3v) is 2.89. The summed E-state index contributed by atoms with van der Waals surface area (Å²) >= 11 is 5.77. The van der Waals surface area contributed by atoms with E-state index in [1.165, 1.54) is 12.1 Å². The van der Waals surface area contributed by atoms with Gasteiger partial charge in [-0.1, -0.05) is 11.6 Å². The Morgan fingerprint density at radius 3 is 2.76 bits per heavy atom. The standard InChI is InChI=1S/C10H9ClN4O2/c11-6-1-4-8-9(5-6)15(17)13-10(14(8)16)12-7-2-3-7/h1,4-5,7H,2-3H2,(H,12,13). The normalized spacial score (nSPS) is 15.1. The van der Waals surface area contributed by atoms with E-state index in [4.69, 9.17) is 11.6 Å². The quantitative estimate of drug-likeness (QED) is 0.631. The molecule has 1 aromatic carbocycles. The van der Waals surface area contributed by atoms with Crippen LogP contribution in [0.5, 0.6) is 0 Å². The Labute approximate surface area is 102 Å². The molecule has 0 atom stereocenters. The molecule has 1 aromatic heterocycles. The highest BCUT2D eigenvalue weighted by molar-refractivity contribution is 6.31. The van der Waals surface area contributed by atoms with Crippen molar-refractivity contribution >= 4 is 28.6 Å². The van der Waals surface area contributed by atoms with E-state index >= 15 is 0 Å². The fourth-order valence-corrected chi connectivity index (χ4v) is 1.78. The highest BCUT2D eigenvalue weighted by Gasteiger charge is 2.30. The van der Waals surface area contributed by atoms with Gasteiger partial charge in [0, 0.05) is 15.9 Å². The van der Waals surface area contributed by atoms with Crippen molar-refractivity contribution in [1.82, 2.24) is 5.10 Å². The summed E-state index contributed by atoms with van der Waals surface area (Å²) < 4.78 is 0.623. The van der Waals surface area contributed by atoms with Gasteiger partial charge in [0.05, 0.1) is 6.04 Å². The summed E-state index contributed by atoms with van der Waals surface area (Å²) in [6, 6.07) is 4.76. The Kier molecular flexibility index (Phi) is 2.19. The lowest BCUT2D eigenvalue weighted by Crippen LogP contribution is -2.44. The molecule has 1 aliphatic carbocycles. The smallest absolute Gasteiger partial charge is 0.461 e. The van der Waals surface area contributed by atoms with Gasteiger partial charge in [0.25, 0.3) is 0 Å². The van der Waals surface area contributed by atoms with E-state index in [9.17, 15) is 10.4 Å². The van der Waals surface area contributed by atoms with Crippen molar-refractivity contribution in [3.05, 3.63) is 33.6 Å². The lowest BCUT2D eigenvalue weighted by molar-refractivity contribution is -0.672. The maximum atomic E-state index is 12.0. The second-order valence-corrected chi connectivity index (χ2v) is 4.48. The minimum atomic E-state index is 0.0392. The van der Waals surface area contributed by atoms with Gasteiger partial charge in [-0.2, -0.15) is 0 Å². The number of hydrogen-bond acceptors (Lipinski definition) is 4. The number of fused-ring (bicyclic) bond motifs is 1. The van der Waals surface area contributed by atoms with Crippen molar-refractivity contribution in [1.29, 1.82) is 0 Å². The first kappa shape index (κ1) is 10.3. The van der Waals surface area contributed by atoms with Crippen molar-refractivity contribution in [2.75, 3.05) is 5.32 Å². The largest absolute Gasteiger partial charge is 0.739 e. The molecule has 0 radical (unpaired) electrons. The van der Waals surface area contributed by atoms with Gasteiger partial charge in [-0.15, -0.1) is 0 Å². The van der Waals surface area contributed by atoms with Crippen molar-refractivity contribution in [3.8, 4) is 0 Å². The molecule has 0 aliphatic heterocycles. The molecule has 6 nitrogen and oxygen atoms in total. The fraction of sp³-hybridized carbons (Fsp3) is 0.300. The van der Waals surface area contributed by atoms with Crippen LogP contribution < -0.4 is 14.9 Å². The Morgan fingerprint density at radius 1 is 1.29 bits per heavy atom. The summed E-state index contributed by atoms with van der Waals surface area (Å²) in [5, 5.41) is 30.6. The number of anilines is 1. The molecule has 1 fully saturated rings. The highest BCUT2D eigenvalue weighted by Crippen LogP contribution is 2.22. The first-order valence-electron chi connectivity index (χ1n) is 5.24. The molecule has 7 heteroatoms. The maximum Gasteiger partial charge on any atom is 0.461 e. The summed E-state index contributed by atoms with van der Waals surface area (Å²) in [6.45, 7) is 0. The number of nitrogens with one attached hydrogen (secondary N) is 1. The number of halogens is 1. The first-order valence-corrected chi connectivity index (χ1v) is 5.62. The molecule has 1 heterocycles. The molecule has 2 aromatic rings. The third kappa shape index (κ3) is 1.80. The van der Waals surface area contributed by atoms with Crippen LogP contribution in [-0.4, -0.2) is 11.1 Å². The van der Waals surface area contributed by atoms with Gasteiger partial charge in [-0.3, -0.25) is 5.32 Å². The summed E-state index contributed by atoms with van der Waals surface area (Å²) in [7, 11) is 0. The van der Waals surface area contributed by atoms with Gasteiger partial charge >= 0.3 is 11.5 Å². The Hall–Kier alpha value is -1.82. The highest BCUT2D eigenvalue weighted by atomic mass is 35.5.